The van der Waals surface area contributed by atoms with Crippen molar-refractivity contribution in [3.8, 4) is 6.07 Å². The zero-order valence-corrected chi connectivity index (χ0v) is 12.3. The number of nitriles is 1. The fourth-order valence-corrected chi connectivity index (χ4v) is 2.31. The van der Waals surface area contributed by atoms with Crippen molar-refractivity contribution in [2.75, 3.05) is 5.32 Å². The van der Waals surface area contributed by atoms with Gasteiger partial charge in [0.25, 0.3) is 5.76 Å². The van der Waals surface area contributed by atoms with Gasteiger partial charge in [0.2, 0.25) is 0 Å². The number of rotatable bonds is 6. The number of anilines is 1. The van der Waals surface area contributed by atoms with Gasteiger partial charge in [-0.25, -0.2) is 0 Å². The quantitative estimate of drug-likeness (QED) is 0.821. The second kappa shape index (κ2) is 7.34. The molecule has 0 aliphatic carbocycles. The highest BCUT2D eigenvalue weighted by atomic mass is 35.5. The van der Waals surface area contributed by atoms with Gasteiger partial charge >= 0.3 is 0 Å². The molecule has 2 aromatic rings. The van der Waals surface area contributed by atoms with Gasteiger partial charge in [0.05, 0.1) is 22.9 Å². The first-order valence-electron chi connectivity index (χ1n) is 5.99. The predicted octanol–water partition coefficient (Wildman–Crippen LogP) is 4.87. The molecule has 110 valence electrons. The smallest absolute Gasteiger partial charge is 0.284 e. The van der Waals surface area contributed by atoms with Gasteiger partial charge < -0.3 is 9.73 Å². The molecule has 1 aromatic carbocycles. The maximum absolute atomic E-state index is 12.1. The fraction of sp³-hybridized carbons (Fsp3) is 0.214. The number of benzene rings is 1. The Balaban J connectivity index is 1.91. The lowest BCUT2D eigenvalue weighted by atomic mass is 10.2. The standard InChI is InChI=1S/C14H11ClF2N2OS/c15-13-5-10(2-1-9(13)6-18)19-7-11-3-4-12(20-11)8-21-14(16)17/h1-5,14,19H,7-8H2. The van der Waals surface area contributed by atoms with Gasteiger partial charge in [0, 0.05) is 5.69 Å². The molecule has 1 heterocycles. The lowest BCUT2D eigenvalue weighted by Crippen LogP contribution is -1.98. The Morgan fingerprint density at radius 3 is 2.71 bits per heavy atom. The summed E-state index contributed by atoms with van der Waals surface area (Å²) in [6.07, 6.45) is 0. The van der Waals surface area contributed by atoms with Crippen molar-refractivity contribution in [2.45, 2.75) is 18.1 Å². The van der Waals surface area contributed by atoms with Crippen LogP contribution in [0.25, 0.3) is 0 Å². The van der Waals surface area contributed by atoms with Gasteiger partial charge in [-0.2, -0.15) is 14.0 Å². The van der Waals surface area contributed by atoms with Crippen molar-refractivity contribution >= 4 is 29.1 Å². The van der Waals surface area contributed by atoms with Crippen LogP contribution in [-0.4, -0.2) is 5.76 Å². The Morgan fingerprint density at radius 1 is 1.29 bits per heavy atom. The maximum Gasteiger partial charge on any atom is 0.284 e. The molecule has 0 radical (unpaired) electrons. The van der Waals surface area contributed by atoms with Crippen LogP contribution >= 0.6 is 23.4 Å². The molecular formula is C14H11ClF2N2OS. The molecule has 7 heteroatoms. The van der Waals surface area contributed by atoms with Gasteiger partial charge in [-0.3, -0.25) is 0 Å². The first-order chi connectivity index (χ1) is 10.1. The number of halogens is 3. The number of alkyl halides is 2. The number of nitrogens with one attached hydrogen (secondary N) is 1. The van der Waals surface area contributed by atoms with E-state index in [9.17, 15) is 8.78 Å². The minimum Gasteiger partial charge on any atom is -0.463 e. The summed E-state index contributed by atoms with van der Waals surface area (Å²) in [5.41, 5.74) is 1.16. The van der Waals surface area contributed by atoms with Crippen LogP contribution in [0.1, 0.15) is 17.1 Å². The van der Waals surface area contributed by atoms with E-state index in [0.717, 1.165) is 5.69 Å². The van der Waals surface area contributed by atoms with Crippen LogP contribution in [-0.2, 0) is 12.3 Å². The average molecular weight is 329 g/mol. The van der Waals surface area contributed by atoms with E-state index >= 15 is 0 Å². The largest absolute Gasteiger partial charge is 0.463 e. The first kappa shape index (κ1) is 15.7. The summed E-state index contributed by atoms with van der Waals surface area (Å²) in [6.45, 7) is 0.404. The van der Waals surface area contributed by atoms with E-state index in [1.807, 2.05) is 6.07 Å². The second-order valence-electron chi connectivity index (χ2n) is 4.10. The van der Waals surface area contributed by atoms with Crippen LogP contribution in [0.4, 0.5) is 14.5 Å². The highest BCUT2D eigenvalue weighted by molar-refractivity contribution is 7.98. The van der Waals surface area contributed by atoms with Gasteiger partial charge in [0.15, 0.2) is 0 Å². The number of hydrogen-bond donors (Lipinski definition) is 1. The number of furan rings is 1. The number of nitrogens with zero attached hydrogens (tertiary/aromatic N) is 1. The molecule has 2 rings (SSSR count). The topological polar surface area (TPSA) is 49.0 Å². The lowest BCUT2D eigenvalue weighted by molar-refractivity contribution is 0.251. The van der Waals surface area contributed by atoms with Gasteiger partial charge in [-0.15, -0.1) is 0 Å². The third-order valence-electron chi connectivity index (χ3n) is 2.63. The second-order valence-corrected chi connectivity index (χ2v) is 5.49. The minimum atomic E-state index is -2.41. The van der Waals surface area contributed by atoms with E-state index in [4.69, 9.17) is 21.3 Å². The third kappa shape index (κ3) is 4.66. The molecule has 3 nitrogen and oxygen atoms in total. The zero-order valence-electron chi connectivity index (χ0n) is 10.8. The van der Waals surface area contributed by atoms with Gasteiger partial charge in [-0.05, 0) is 30.3 Å². The SMILES string of the molecule is N#Cc1ccc(NCc2ccc(CSC(F)F)o2)cc1Cl. The van der Waals surface area contributed by atoms with Crippen molar-refractivity contribution in [1.29, 1.82) is 5.26 Å². The molecule has 0 aliphatic heterocycles. The summed E-state index contributed by atoms with van der Waals surface area (Å²) in [5, 5.41) is 12.2. The van der Waals surface area contributed by atoms with Crippen LogP contribution in [0.5, 0.6) is 0 Å². The van der Waals surface area contributed by atoms with E-state index in [1.165, 1.54) is 0 Å². The summed E-state index contributed by atoms with van der Waals surface area (Å²) in [4.78, 5) is 0. The minimum absolute atomic E-state index is 0.139. The molecule has 0 spiro atoms. The molecule has 0 amide bonds. The number of thioether (sulfide) groups is 1. The molecular weight excluding hydrogens is 318 g/mol. The Bertz CT molecular complexity index is 655. The Labute approximate surface area is 129 Å². The highest BCUT2D eigenvalue weighted by Gasteiger charge is 2.07. The van der Waals surface area contributed by atoms with Crippen molar-refractivity contribution < 1.29 is 13.2 Å². The summed E-state index contributed by atoms with van der Waals surface area (Å²) >= 11 is 6.45. The fourth-order valence-electron chi connectivity index (χ4n) is 1.64. The summed E-state index contributed by atoms with van der Waals surface area (Å²) in [7, 11) is 0. The van der Waals surface area contributed by atoms with Crippen molar-refractivity contribution in [3.63, 3.8) is 0 Å². The van der Waals surface area contributed by atoms with Crippen LogP contribution < -0.4 is 5.32 Å². The molecule has 0 aliphatic rings. The van der Waals surface area contributed by atoms with E-state index in [-0.39, 0.29) is 5.75 Å². The molecule has 0 saturated carbocycles. The summed E-state index contributed by atoms with van der Waals surface area (Å²) in [5.74, 6) is -1.12. The van der Waals surface area contributed by atoms with E-state index in [2.05, 4.69) is 5.32 Å². The highest BCUT2D eigenvalue weighted by Crippen LogP contribution is 2.23. The summed E-state index contributed by atoms with van der Waals surface area (Å²) in [6, 6.07) is 10.4. The molecule has 0 atom stereocenters. The monoisotopic (exact) mass is 328 g/mol. The lowest BCUT2D eigenvalue weighted by Gasteiger charge is -2.05. The average Bonchev–Trinajstić information content (AvgIpc) is 2.91. The maximum atomic E-state index is 12.1. The molecule has 0 saturated heterocycles. The number of hydrogen-bond acceptors (Lipinski definition) is 4. The molecule has 0 unspecified atom stereocenters. The van der Waals surface area contributed by atoms with Gasteiger partial charge in [0.1, 0.15) is 17.6 Å². The zero-order chi connectivity index (χ0) is 15.2. The van der Waals surface area contributed by atoms with Crippen LogP contribution in [0.2, 0.25) is 5.02 Å². The van der Waals surface area contributed by atoms with Crippen molar-refractivity contribution in [3.05, 3.63) is 52.4 Å². The Kier molecular flexibility index (Phi) is 5.48. The predicted molar refractivity (Wildman–Crippen MR) is 79.5 cm³/mol. The molecule has 0 bridgehead atoms. The molecule has 1 N–H and O–H groups in total. The molecule has 21 heavy (non-hydrogen) atoms. The van der Waals surface area contributed by atoms with E-state index in [1.54, 1.807) is 30.3 Å². The van der Waals surface area contributed by atoms with Crippen molar-refractivity contribution in [2.24, 2.45) is 0 Å². The summed E-state index contributed by atoms with van der Waals surface area (Å²) < 4.78 is 29.6. The molecule has 0 fully saturated rings. The normalized spacial score (nSPS) is 10.6. The first-order valence-corrected chi connectivity index (χ1v) is 7.42. The van der Waals surface area contributed by atoms with Crippen LogP contribution in [0, 0.1) is 11.3 Å². The van der Waals surface area contributed by atoms with E-state index < -0.39 is 5.76 Å². The molecule has 1 aromatic heterocycles. The van der Waals surface area contributed by atoms with Gasteiger partial charge in [-0.1, -0.05) is 23.4 Å². The third-order valence-corrected chi connectivity index (χ3v) is 3.64. The van der Waals surface area contributed by atoms with E-state index in [0.29, 0.717) is 40.4 Å². The van der Waals surface area contributed by atoms with Crippen LogP contribution in [0.3, 0.4) is 0 Å². The van der Waals surface area contributed by atoms with Crippen molar-refractivity contribution in [1.82, 2.24) is 0 Å². The Morgan fingerprint density at radius 2 is 2.05 bits per heavy atom. The van der Waals surface area contributed by atoms with Crippen LogP contribution in [0.15, 0.2) is 34.7 Å². The Hall–Kier alpha value is -1.71.